The third kappa shape index (κ3) is 6.94. The zero-order valence-electron chi connectivity index (χ0n) is 25.0. The molecular formula is C38H32IN3O3. The molecule has 1 amide bonds. The summed E-state index contributed by atoms with van der Waals surface area (Å²) in [5.41, 5.74) is 9.35. The minimum Gasteiger partial charge on any atom is -0.490 e. The van der Waals surface area contributed by atoms with Crippen molar-refractivity contribution in [2.24, 2.45) is 5.10 Å². The SMILES string of the molecule is CCOc1cc(/C=N/NC(=O)c2ccc(-n3c(C)ccc3-c3ccccc3)cc2)cc(I)c1OCc1ccc2ccccc2c1. The summed E-state index contributed by atoms with van der Waals surface area (Å²) in [6.07, 6.45) is 1.61. The van der Waals surface area contributed by atoms with Crippen LogP contribution in [0.5, 0.6) is 11.5 Å². The lowest BCUT2D eigenvalue weighted by Gasteiger charge is -2.15. The van der Waals surface area contributed by atoms with Crippen LogP contribution in [0.15, 0.2) is 126 Å². The van der Waals surface area contributed by atoms with Gasteiger partial charge in [-0.15, -0.1) is 0 Å². The normalized spacial score (nSPS) is 11.2. The summed E-state index contributed by atoms with van der Waals surface area (Å²) in [6.45, 7) is 4.92. The number of halogens is 1. The number of carbonyl (C=O) groups excluding carboxylic acids is 1. The van der Waals surface area contributed by atoms with E-state index in [9.17, 15) is 4.79 Å². The summed E-state index contributed by atoms with van der Waals surface area (Å²) in [5.74, 6) is 1.02. The van der Waals surface area contributed by atoms with Crippen molar-refractivity contribution in [3.8, 4) is 28.4 Å². The number of hydrazone groups is 1. The highest BCUT2D eigenvalue weighted by molar-refractivity contribution is 14.1. The van der Waals surface area contributed by atoms with E-state index in [1.165, 1.54) is 10.8 Å². The van der Waals surface area contributed by atoms with E-state index in [2.05, 4.69) is 99.2 Å². The number of nitrogens with one attached hydrogen (secondary N) is 1. The second-order valence-electron chi connectivity index (χ2n) is 10.5. The van der Waals surface area contributed by atoms with E-state index >= 15 is 0 Å². The van der Waals surface area contributed by atoms with Gasteiger partial charge in [0.05, 0.1) is 22.1 Å². The molecule has 0 aliphatic heterocycles. The van der Waals surface area contributed by atoms with E-state index < -0.39 is 0 Å². The number of aryl methyl sites for hydroxylation is 1. The van der Waals surface area contributed by atoms with Gasteiger partial charge in [-0.3, -0.25) is 4.79 Å². The maximum atomic E-state index is 12.9. The van der Waals surface area contributed by atoms with Crippen LogP contribution in [-0.4, -0.2) is 23.3 Å². The average Bonchev–Trinajstić information content (AvgIpc) is 3.46. The van der Waals surface area contributed by atoms with Gasteiger partial charge in [-0.1, -0.05) is 66.7 Å². The third-order valence-electron chi connectivity index (χ3n) is 7.44. The van der Waals surface area contributed by atoms with Gasteiger partial charge in [-0.05, 0) is 118 Å². The van der Waals surface area contributed by atoms with Crippen molar-refractivity contribution in [1.29, 1.82) is 0 Å². The molecule has 0 aliphatic rings. The number of amides is 1. The molecule has 7 heteroatoms. The Labute approximate surface area is 276 Å². The van der Waals surface area contributed by atoms with Gasteiger partial charge >= 0.3 is 0 Å². The Bertz CT molecular complexity index is 1980. The fraction of sp³-hybridized carbons (Fsp3) is 0.105. The molecule has 0 unspecified atom stereocenters. The molecule has 6 nitrogen and oxygen atoms in total. The Kier molecular flexibility index (Phi) is 9.26. The molecule has 1 N–H and O–H groups in total. The second kappa shape index (κ2) is 13.8. The number of carbonyl (C=O) groups is 1. The van der Waals surface area contributed by atoms with E-state index in [4.69, 9.17) is 9.47 Å². The summed E-state index contributed by atoms with van der Waals surface area (Å²) in [7, 11) is 0. The van der Waals surface area contributed by atoms with Crippen LogP contribution in [0.4, 0.5) is 0 Å². The number of hydrogen-bond donors (Lipinski definition) is 1. The molecule has 6 aromatic rings. The number of fused-ring (bicyclic) bond motifs is 1. The molecule has 5 aromatic carbocycles. The minimum absolute atomic E-state index is 0.291. The Morgan fingerprint density at radius 1 is 0.844 bits per heavy atom. The highest BCUT2D eigenvalue weighted by Gasteiger charge is 2.14. The molecule has 1 heterocycles. The Morgan fingerprint density at radius 2 is 1.60 bits per heavy atom. The van der Waals surface area contributed by atoms with Crippen molar-refractivity contribution in [2.45, 2.75) is 20.5 Å². The van der Waals surface area contributed by atoms with Crippen molar-refractivity contribution in [3.63, 3.8) is 0 Å². The predicted molar refractivity (Wildman–Crippen MR) is 190 cm³/mol. The first kappa shape index (κ1) is 30.1. The van der Waals surface area contributed by atoms with Gasteiger partial charge in [0.2, 0.25) is 0 Å². The van der Waals surface area contributed by atoms with Gasteiger partial charge in [0.15, 0.2) is 11.5 Å². The van der Waals surface area contributed by atoms with Crippen molar-refractivity contribution in [3.05, 3.63) is 147 Å². The van der Waals surface area contributed by atoms with Crippen LogP contribution in [0.3, 0.4) is 0 Å². The molecule has 224 valence electrons. The monoisotopic (exact) mass is 705 g/mol. The first-order valence-electron chi connectivity index (χ1n) is 14.7. The lowest BCUT2D eigenvalue weighted by molar-refractivity contribution is 0.0955. The molecule has 0 radical (unpaired) electrons. The Hall–Kier alpha value is -4.89. The maximum Gasteiger partial charge on any atom is 0.271 e. The molecule has 0 atom stereocenters. The molecule has 6 rings (SSSR count). The van der Waals surface area contributed by atoms with Crippen LogP contribution in [0.1, 0.15) is 34.1 Å². The molecule has 0 aliphatic carbocycles. The average molecular weight is 706 g/mol. The van der Waals surface area contributed by atoms with Crippen LogP contribution < -0.4 is 14.9 Å². The van der Waals surface area contributed by atoms with E-state index in [-0.39, 0.29) is 5.91 Å². The zero-order chi connectivity index (χ0) is 31.2. The van der Waals surface area contributed by atoms with Gasteiger partial charge < -0.3 is 14.0 Å². The molecule has 0 spiro atoms. The van der Waals surface area contributed by atoms with Crippen LogP contribution in [0, 0.1) is 10.5 Å². The van der Waals surface area contributed by atoms with Gasteiger partial charge in [0.1, 0.15) is 6.61 Å². The number of ether oxygens (including phenoxy) is 2. The van der Waals surface area contributed by atoms with Gasteiger partial charge in [0, 0.05) is 16.9 Å². The van der Waals surface area contributed by atoms with Crippen LogP contribution in [0.25, 0.3) is 27.7 Å². The Morgan fingerprint density at radius 3 is 2.38 bits per heavy atom. The summed E-state index contributed by atoms with van der Waals surface area (Å²) in [4.78, 5) is 12.9. The van der Waals surface area contributed by atoms with Crippen LogP contribution in [-0.2, 0) is 6.61 Å². The van der Waals surface area contributed by atoms with Gasteiger partial charge in [-0.25, -0.2) is 5.43 Å². The first-order valence-corrected chi connectivity index (χ1v) is 15.8. The van der Waals surface area contributed by atoms with Crippen LogP contribution in [0.2, 0.25) is 0 Å². The lowest BCUT2D eigenvalue weighted by Crippen LogP contribution is -2.17. The standard InChI is InChI=1S/C38H32IN3O3/c1-3-44-36-23-28(22-34(39)37(36)45-25-27-14-15-29-9-7-8-12-32(29)21-27)24-40-41-38(43)31-16-18-33(19-17-31)42-26(2)13-20-35(42)30-10-5-4-6-11-30/h4-24H,3,25H2,1-2H3,(H,41,43)/b40-24+. The van der Waals surface area contributed by atoms with Crippen molar-refractivity contribution < 1.29 is 14.3 Å². The number of aromatic nitrogens is 1. The summed E-state index contributed by atoms with van der Waals surface area (Å²) in [5, 5.41) is 6.60. The van der Waals surface area contributed by atoms with Crippen molar-refractivity contribution in [1.82, 2.24) is 9.99 Å². The number of hydrogen-bond acceptors (Lipinski definition) is 4. The molecule has 45 heavy (non-hydrogen) atoms. The topological polar surface area (TPSA) is 64.8 Å². The number of nitrogens with zero attached hydrogens (tertiary/aromatic N) is 2. The molecule has 0 saturated carbocycles. The first-order chi connectivity index (χ1) is 22.0. The zero-order valence-corrected chi connectivity index (χ0v) is 27.2. The summed E-state index contributed by atoms with van der Waals surface area (Å²) in [6, 6.07) is 40.4. The highest BCUT2D eigenvalue weighted by Crippen LogP contribution is 2.35. The lowest BCUT2D eigenvalue weighted by atomic mass is 10.1. The quantitative estimate of drug-likeness (QED) is 0.0880. The van der Waals surface area contributed by atoms with Crippen molar-refractivity contribution >= 4 is 45.5 Å². The predicted octanol–water partition coefficient (Wildman–Crippen LogP) is 8.95. The minimum atomic E-state index is -0.291. The van der Waals surface area contributed by atoms with Gasteiger partial charge in [0.25, 0.3) is 5.91 Å². The second-order valence-corrected chi connectivity index (χ2v) is 11.7. The van der Waals surface area contributed by atoms with Crippen molar-refractivity contribution in [2.75, 3.05) is 6.61 Å². The van der Waals surface area contributed by atoms with E-state index in [0.29, 0.717) is 30.3 Å². The Balaban J connectivity index is 1.13. The summed E-state index contributed by atoms with van der Waals surface area (Å²) >= 11 is 2.24. The smallest absolute Gasteiger partial charge is 0.271 e. The van der Waals surface area contributed by atoms with E-state index in [1.54, 1.807) is 6.21 Å². The molecule has 0 fully saturated rings. The maximum absolute atomic E-state index is 12.9. The number of benzene rings is 5. The molecule has 1 aromatic heterocycles. The molecular weight excluding hydrogens is 673 g/mol. The fourth-order valence-electron chi connectivity index (χ4n) is 5.26. The van der Waals surface area contributed by atoms with Gasteiger partial charge in [-0.2, -0.15) is 5.10 Å². The number of rotatable bonds is 10. The fourth-order valence-corrected chi connectivity index (χ4v) is 6.04. The summed E-state index contributed by atoms with van der Waals surface area (Å²) < 4.78 is 15.2. The molecule has 0 saturated heterocycles. The van der Waals surface area contributed by atoms with Crippen LogP contribution >= 0.6 is 22.6 Å². The largest absolute Gasteiger partial charge is 0.490 e. The highest BCUT2D eigenvalue weighted by atomic mass is 127. The molecule has 0 bridgehead atoms. The van der Waals surface area contributed by atoms with E-state index in [1.807, 2.05) is 73.7 Å². The van der Waals surface area contributed by atoms with E-state index in [0.717, 1.165) is 37.3 Å². The third-order valence-corrected chi connectivity index (χ3v) is 8.24.